The first-order chi connectivity index (χ1) is 6.98. The van der Waals surface area contributed by atoms with E-state index >= 15 is 0 Å². The van der Waals surface area contributed by atoms with Crippen LogP contribution in [0.4, 0.5) is 0 Å². The highest BCUT2D eigenvalue weighted by Crippen LogP contribution is 2.20. The van der Waals surface area contributed by atoms with Gasteiger partial charge in [0.2, 0.25) is 0 Å². The molecular weight excluding hydrogens is 214 g/mol. The fourth-order valence-corrected chi connectivity index (χ4v) is 1.79. The molecule has 2 heterocycles. The molecule has 80 valence electrons. The fraction of sp³-hybridized carbons (Fsp3) is 0.333. The predicted octanol–water partition coefficient (Wildman–Crippen LogP) is 1.06. The summed E-state index contributed by atoms with van der Waals surface area (Å²) in [5.41, 5.74) is 1.48. The van der Waals surface area contributed by atoms with E-state index in [1.54, 1.807) is 25.4 Å². The van der Waals surface area contributed by atoms with Crippen LogP contribution in [0, 0.1) is 0 Å². The quantitative estimate of drug-likeness (QED) is 0.829. The molecule has 2 rings (SSSR count). The van der Waals surface area contributed by atoms with Gasteiger partial charge in [0.05, 0.1) is 17.2 Å². The van der Waals surface area contributed by atoms with Crippen molar-refractivity contribution in [1.29, 1.82) is 0 Å². The van der Waals surface area contributed by atoms with Crippen molar-refractivity contribution in [3.05, 3.63) is 24.3 Å². The van der Waals surface area contributed by atoms with E-state index < -0.39 is 15.1 Å². The van der Waals surface area contributed by atoms with Gasteiger partial charge >= 0.3 is 0 Å². The Balaban J connectivity index is 2.54. The van der Waals surface area contributed by atoms with E-state index in [1.165, 1.54) is 6.26 Å². The molecule has 0 saturated carbocycles. The Morgan fingerprint density at radius 1 is 1.47 bits per heavy atom. The minimum Gasteiger partial charge on any atom is -0.340 e. The second-order valence-electron chi connectivity index (χ2n) is 3.49. The van der Waals surface area contributed by atoms with Crippen molar-refractivity contribution in [2.75, 3.05) is 6.26 Å². The zero-order chi connectivity index (χ0) is 11.1. The highest BCUT2D eigenvalue weighted by atomic mass is 32.2. The minimum absolute atomic E-state index is 0.459. The van der Waals surface area contributed by atoms with Gasteiger partial charge in [-0.3, -0.25) is 4.98 Å². The number of nitrogens with zero attached hydrogens (tertiary/aromatic N) is 2. The Kier molecular flexibility index (Phi) is 2.22. The van der Waals surface area contributed by atoms with Crippen molar-refractivity contribution >= 4 is 20.9 Å². The molecule has 0 saturated heterocycles. The monoisotopic (exact) mass is 225 g/mol. The number of aromatic amines is 1. The average Bonchev–Trinajstić information content (AvgIpc) is 2.58. The number of H-pyrrole nitrogens is 1. The molecule has 0 bridgehead atoms. The highest BCUT2D eigenvalue weighted by Gasteiger charge is 2.20. The first-order valence-corrected chi connectivity index (χ1v) is 6.42. The van der Waals surface area contributed by atoms with Gasteiger partial charge in [0.25, 0.3) is 0 Å². The van der Waals surface area contributed by atoms with Crippen LogP contribution in [0.15, 0.2) is 18.5 Å². The third kappa shape index (κ3) is 1.85. The summed E-state index contributed by atoms with van der Waals surface area (Å²) in [6, 6.07) is 1.74. The van der Waals surface area contributed by atoms with Gasteiger partial charge < -0.3 is 4.98 Å². The molecule has 0 amide bonds. The Labute approximate surface area is 87.5 Å². The maximum absolute atomic E-state index is 11.3. The summed E-state index contributed by atoms with van der Waals surface area (Å²) in [6.45, 7) is 1.61. The molecule has 0 aliphatic rings. The number of fused-ring (bicyclic) bond motifs is 1. The summed E-state index contributed by atoms with van der Waals surface area (Å²) in [5.74, 6) is 0.459. The average molecular weight is 225 g/mol. The summed E-state index contributed by atoms with van der Waals surface area (Å²) in [5, 5.41) is -0.620. The van der Waals surface area contributed by atoms with Crippen molar-refractivity contribution in [2.45, 2.75) is 12.2 Å². The Hall–Kier alpha value is -1.43. The van der Waals surface area contributed by atoms with Crippen molar-refractivity contribution in [2.24, 2.45) is 0 Å². The van der Waals surface area contributed by atoms with E-state index in [0.717, 1.165) is 11.0 Å². The molecule has 0 aromatic carbocycles. The molecule has 15 heavy (non-hydrogen) atoms. The van der Waals surface area contributed by atoms with Gasteiger partial charge in [-0.1, -0.05) is 0 Å². The lowest BCUT2D eigenvalue weighted by atomic mass is 10.4. The maximum atomic E-state index is 11.3. The van der Waals surface area contributed by atoms with Gasteiger partial charge in [0, 0.05) is 12.5 Å². The Morgan fingerprint density at radius 3 is 2.80 bits per heavy atom. The molecule has 5 nitrogen and oxygen atoms in total. The molecule has 6 heteroatoms. The normalized spacial score (nSPS) is 14.3. The Bertz CT molecular complexity index is 555. The van der Waals surface area contributed by atoms with Crippen LogP contribution in [0.2, 0.25) is 0 Å². The molecule has 1 N–H and O–H groups in total. The van der Waals surface area contributed by atoms with Crippen LogP contribution in [0.3, 0.4) is 0 Å². The molecular formula is C9H11N3O2S. The molecule has 2 aromatic rings. The van der Waals surface area contributed by atoms with Crippen molar-refractivity contribution < 1.29 is 8.42 Å². The number of sulfone groups is 1. The lowest BCUT2D eigenvalue weighted by Crippen LogP contribution is -2.09. The second-order valence-corrected chi connectivity index (χ2v) is 5.85. The van der Waals surface area contributed by atoms with Gasteiger partial charge in [-0.15, -0.1) is 0 Å². The smallest absolute Gasteiger partial charge is 0.157 e. The summed E-state index contributed by atoms with van der Waals surface area (Å²) >= 11 is 0. The lowest BCUT2D eigenvalue weighted by Gasteiger charge is -2.04. The zero-order valence-corrected chi connectivity index (χ0v) is 9.25. The number of imidazole rings is 1. The number of rotatable bonds is 2. The van der Waals surface area contributed by atoms with E-state index in [2.05, 4.69) is 15.0 Å². The van der Waals surface area contributed by atoms with Crippen molar-refractivity contribution in [1.82, 2.24) is 15.0 Å². The number of hydrogen-bond acceptors (Lipinski definition) is 4. The van der Waals surface area contributed by atoms with Gasteiger partial charge in [-0.25, -0.2) is 13.4 Å². The third-order valence-electron chi connectivity index (χ3n) is 2.33. The van der Waals surface area contributed by atoms with Gasteiger partial charge in [0.1, 0.15) is 11.1 Å². The van der Waals surface area contributed by atoms with E-state index in [0.29, 0.717) is 5.82 Å². The number of aromatic nitrogens is 3. The van der Waals surface area contributed by atoms with Crippen LogP contribution >= 0.6 is 0 Å². The summed E-state index contributed by atoms with van der Waals surface area (Å²) in [4.78, 5) is 11.1. The minimum atomic E-state index is -3.12. The lowest BCUT2D eigenvalue weighted by molar-refractivity contribution is 0.590. The third-order valence-corrected chi connectivity index (χ3v) is 3.84. The SMILES string of the molecule is CC(c1nc2ccncc2[nH]1)S(C)(=O)=O. The predicted molar refractivity (Wildman–Crippen MR) is 57.1 cm³/mol. The molecule has 0 fully saturated rings. The highest BCUT2D eigenvalue weighted by molar-refractivity contribution is 7.90. The first-order valence-electron chi connectivity index (χ1n) is 4.47. The largest absolute Gasteiger partial charge is 0.340 e. The van der Waals surface area contributed by atoms with Gasteiger partial charge in [-0.2, -0.15) is 0 Å². The van der Waals surface area contributed by atoms with Crippen LogP contribution in [0.25, 0.3) is 11.0 Å². The summed E-state index contributed by atoms with van der Waals surface area (Å²) < 4.78 is 22.7. The van der Waals surface area contributed by atoms with E-state index in [-0.39, 0.29) is 0 Å². The standard InChI is InChI=1S/C9H11N3O2S/c1-6(15(2,13)14)9-11-7-3-4-10-5-8(7)12-9/h3-6H,1-2H3,(H,11,12). The molecule has 1 atom stereocenters. The molecule has 0 aliphatic carbocycles. The number of nitrogens with one attached hydrogen (secondary N) is 1. The number of pyridine rings is 1. The second kappa shape index (κ2) is 3.30. The number of hydrogen-bond donors (Lipinski definition) is 1. The summed E-state index contributed by atoms with van der Waals surface area (Å²) in [7, 11) is -3.12. The first kappa shape index (κ1) is 10.1. The van der Waals surface area contributed by atoms with Crippen LogP contribution in [0.5, 0.6) is 0 Å². The van der Waals surface area contributed by atoms with Crippen LogP contribution < -0.4 is 0 Å². The van der Waals surface area contributed by atoms with Crippen molar-refractivity contribution in [3.63, 3.8) is 0 Å². The molecule has 0 spiro atoms. The van der Waals surface area contributed by atoms with Crippen molar-refractivity contribution in [3.8, 4) is 0 Å². The molecule has 0 aliphatic heterocycles. The Morgan fingerprint density at radius 2 is 2.20 bits per heavy atom. The maximum Gasteiger partial charge on any atom is 0.157 e. The van der Waals surface area contributed by atoms with E-state index in [4.69, 9.17) is 0 Å². The van der Waals surface area contributed by atoms with Crippen LogP contribution in [-0.2, 0) is 9.84 Å². The fourth-order valence-electron chi connectivity index (χ4n) is 1.27. The van der Waals surface area contributed by atoms with Gasteiger partial charge in [0.15, 0.2) is 9.84 Å². The topological polar surface area (TPSA) is 75.7 Å². The van der Waals surface area contributed by atoms with E-state index in [9.17, 15) is 8.42 Å². The van der Waals surface area contributed by atoms with E-state index in [1.807, 2.05) is 0 Å². The molecule has 2 aromatic heterocycles. The van der Waals surface area contributed by atoms with Crippen LogP contribution in [0.1, 0.15) is 18.0 Å². The van der Waals surface area contributed by atoms with Gasteiger partial charge in [-0.05, 0) is 13.0 Å². The molecule has 0 radical (unpaired) electrons. The zero-order valence-electron chi connectivity index (χ0n) is 8.43. The molecule has 1 unspecified atom stereocenters. The van der Waals surface area contributed by atoms with Crippen LogP contribution in [-0.4, -0.2) is 29.6 Å². The summed E-state index contributed by atoms with van der Waals surface area (Å²) in [6.07, 6.45) is 4.45.